The molecule has 6 nitrogen and oxygen atoms in total. The molecule has 0 bridgehead atoms. The number of nitrogens with one attached hydrogen (secondary N) is 1. The number of aryl methyl sites for hydroxylation is 1. The minimum Gasteiger partial charge on any atom is -0.508 e. The Kier molecular flexibility index (Phi) is 6.36. The second kappa shape index (κ2) is 8.75. The first kappa shape index (κ1) is 20.4. The third-order valence-electron chi connectivity index (χ3n) is 4.96. The van der Waals surface area contributed by atoms with Crippen molar-refractivity contribution < 1.29 is 18.3 Å². The van der Waals surface area contributed by atoms with E-state index in [2.05, 4.69) is 5.32 Å². The highest BCUT2D eigenvalue weighted by Crippen LogP contribution is 2.26. The maximum absolute atomic E-state index is 13.1. The van der Waals surface area contributed by atoms with Crippen LogP contribution in [0.4, 0.5) is 5.69 Å². The normalized spacial score (nSPS) is 15.8. The van der Waals surface area contributed by atoms with Crippen LogP contribution in [0.25, 0.3) is 0 Å². The molecule has 0 aliphatic carbocycles. The lowest BCUT2D eigenvalue weighted by atomic mass is 10.1. The van der Waals surface area contributed by atoms with Crippen molar-refractivity contribution in [1.82, 2.24) is 4.31 Å². The van der Waals surface area contributed by atoms with E-state index in [1.54, 1.807) is 41.6 Å². The van der Waals surface area contributed by atoms with E-state index < -0.39 is 10.0 Å². The standard InChI is InChI=1S/C21H26N2O4S/c1-16-6-9-18(22-21(25)14-17-7-10-19(24)11-8-17)15-20(16)28(26,27)23-12-4-2-3-5-13-23/h6-11,15,24H,2-5,12-14H2,1H3,(H,22,25). The fourth-order valence-corrected chi connectivity index (χ4v) is 5.15. The van der Waals surface area contributed by atoms with Gasteiger partial charge in [-0.2, -0.15) is 4.31 Å². The summed E-state index contributed by atoms with van der Waals surface area (Å²) in [5.74, 6) is -0.0984. The van der Waals surface area contributed by atoms with Gasteiger partial charge >= 0.3 is 0 Å². The number of phenols is 1. The Bertz CT molecular complexity index is 931. The first-order valence-electron chi connectivity index (χ1n) is 9.55. The molecule has 1 aliphatic rings. The summed E-state index contributed by atoms with van der Waals surface area (Å²) < 4.78 is 27.8. The van der Waals surface area contributed by atoms with Crippen LogP contribution in [-0.2, 0) is 21.2 Å². The Balaban J connectivity index is 1.76. The second-order valence-corrected chi connectivity index (χ2v) is 9.10. The Morgan fingerprint density at radius 1 is 1.04 bits per heavy atom. The molecule has 0 radical (unpaired) electrons. The van der Waals surface area contributed by atoms with Gasteiger partial charge in [0.05, 0.1) is 11.3 Å². The molecular weight excluding hydrogens is 376 g/mol. The summed E-state index contributed by atoms with van der Waals surface area (Å²) in [6.45, 7) is 2.85. The zero-order valence-corrected chi connectivity index (χ0v) is 16.8. The molecule has 0 aromatic heterocycles. The number of benzene rings is 2. The molecule has 1 amide bonds. The summed E-state index contributed by atoms with van der Waals surface area (Å²) >= 11 is 0. The van der Waals surface area contributed by atoms with Crippen molar-refractivity contribution in [3.05, 3.63) is 53.6 Å². The second-order valence-electron chi connectivity index (χ2n) is 7.19. The van der Waals surface area contributed by atoms with Crippen LogP contribution in [-0.4, -0.2) is 36.8 Å². The van der Waals surface area contributed by atoms with E-state index in [0.29, 0.717) is 24.3 Å². The van der Waals surface area contributed by atoms with Gasteiger partial charge in [-0.25, -0.2) is 8.42 Å². The largest absolute Gasteiger partial charge is 0.508 e. The van der Waals surface area contributed by atoms with Crippen molar-refractivity contribution in [2.75, 3.05) is 18.4 Å². The molecule has 0 spiro atoms. The van der Waals surface area contributed by atoms with Crippen molar-refractivity contribution in [3.8, 4) is 5.75 Å². The van der Waals surface area contributed by atoms with Crippen LogP contribution in [0.5, 0.6) is 5.75 Å². The molecule has 1 saturated heterocycles. The third kappa shape index (κ3) is 4.91. The zero-order valence-electron chi connectivity index (χ0n) is 16.0. The molecule has 0 unspecified atom stereocenters. The summed E-state index contributed by atoms with van der Waals surface area (Å²) in [5, 5.41) is 12.1. The van der Waals surface area contributed by atoms with Crippen LogP contribution in [0, 0.1) is 6.92 Å². The van der Waals surface area contributed by atoms with Crippen LogP contribution >= 0.6 is 0 Å². The number of carbonyl (C=O) groups excluding carboxylic acids is 1. The van der Waals surface area contributed by atoms with Gasteiger partial charge in [-0.15, -0.1) is 0 Å². The molecule has 2 aromatic rings. The quantitative estimate of drug-likeness (QED) is 0.802. The number of anilines is 1. The fourth-order valence-electron chi connectivity index (χ4n) is 3.38. The average molecular weight is 403 g/mol. The van der Waals surface area contributed by atoms with Crippen LogP contribution in [0.3, 0.4) is 0 Å². The summed E-state index contributed by atoms with van der Waals surface area (Å²) in [4.78, 5) is 12.6. The molecule has 2 aromatic carbocycles. The van der Waals surface area contributed by atoms with Crippen LogP contribution in [0.2, 0.25) is 0 Å². The Labute approximate surface area is 166 Å². The lowest BCUT2D eigenvalue weighted by Crippen LogP contribution is -2.32. The monoisotopic (exact) mass is 402 g/mol. The van der Waals surface area contributed by atoms with Gasteiger partial charge in [-0.1, -0.05) is 31.0 Å². The molecule has 2 N–H and O–H groups in total. The van der Waals surface area contributed by atoms with E-state index in [-0.39, 0.29) is 23.0 Å². The van der Waals surface area contributed by atoms with Crippen LogP contribution < -0.4 is 5.32 Å². The third-order valence-corrected chi connectivity index (χ3v) is 7.00. The summed E-state index contributed by atoms with van der Waals surface area (Å²) in [7, 11) is -3.58. The number of hydrogen-bond donors (Lipinski definition) is 2. The van der Waals surface area contributed by atoms with Crippen molar-refractivity contribution in [2.24, 2.45) is 0 Å². The van der Waals surface area contributed by atoms with Gasteiger partial charge in [-0.05, 0) is 55.2 Å². The van der Waals surface area contributed by atoms with Crippen molar-refractivity contribution >= 4 is 21.6 Å². The molecule has 1 aliphatic heterocycles. The Morgan fingerprint density at radius 3 is 2.32 bits per heavy atom. The molecule has 0 atom stereocenters. The van der Waals surface area contributed by atoms with Gasteiger partial charge in [0, 0.05) is 18.8 Å². The first-order valence-corrected chi connectivity index (χ1v) is 11.0. The smallest absolute Gasteiger partial charge is 0.243 e. The maximum Gasteiger partial charge on any atom is 0.243 e. The number of sulfonamides is 1. The number of amides is 1. The van der Waals surface area contributed by atoms with Gasteiger partial charge in [0.15, 0.2) is 0 Å². The number of aromatic hydroxyl groups is 1. The highest BCUT2D eigenvalue weighted by Gasteiger charge is 2.27. The molecule has 150 valence electrons. The van der Waals surface area contributed by atoms with Gasteiger partial charge in [0.1, 0.15) is 5.75 Å². The summed E-state index contributed by atoms with van der Waals surface area (Å²) in [6.07, 6.45) is 4.00. The lowest BCUT2D eigenvalue weighted by Gasteiger charge is -2.21. The van der Waals surface area contributed by atoms with Gasteiger partial charge in [0.25, 0.3) is 0 Å². The molecule has 0 saturated carbocycles. The first-order chi connectivity index (χ1) is 13.4. The predicted octanol–water partition coefficient (Wildman–Crippen LogP) is 3.45. The highest BCUT2D eigenvalue weighted by molar-refractivity contribution is 7.89. The number of nitrogens with zero attached hydrogens (tertiary/aromatic N) is 1. The van der Waals surface area contributed by atoms with Crippen LogP contribution in [0.1, 0.15) is 36.8 Å². The molecule has 3 rings (SSSR count). The Hall–Kier alpha value is -2.38. The van der Waals surface area contributed by atoms with E-state index >= 15 is 0 Å². The molecule has 1 heterocycles. The number of rotatable bonds is 5. The molecule has 1 fully saturated rings. The minimum atomic E-state index is -3.58. The van der Waals surface area contributed by atoms with E-state index in [0.717, 1.165) is 31.2 Å². The van der Waals surface area contributed by atoms with Crippen molar-refractivity contribution in [3.63, 3.8) is 0 Å². The van der Waals surface area contributed by atoms with Crippen molar-refractivity contribution in [2.45, 2.75) is 43.9 Å². The number of carbonyl (C=O) groups is 1. The topological polar surface area (TPSA) is 86.7 Å². The maximum atomic E-state index is 13.1. The van der Waals surface area contributed by atoms with Gasteiger partial charge in [-0.3, -0.25) is 4.79 Å². The number of phenolic OH excluding ortho intramolecular Hbond substituents is 1. The van der Waals surface area contributed by atoms with Crippen LogP contribution in [0.15, 0.2) is 47.4 Å². The SMILES string of the molecule is Cc1ccc(NC(=O)Cc2ccc(O)cc2)cc1S(=O)(=O)N1CCCCCC1. The Morgan fingerprint density at radius 2 is 1.68 bits per heavy atom. The van der Waals surface area contributed by atoms with Gasteiger partial charge in [0.2, 0.25) is 15.9 Å². The minimum absolute atomic E-state index is 0.141. The summed E-state index contributed by atoms with van der Waals surface area (Å²) in [5.41, 5.74) is 1.89. The van der Waals surface area contributed by atoms with E-state index in [1.165, 1.54) is 12.1 Å². The van der Waals surface area contributed by atoms with Gasteiger partial charge < -0.3 is 10.4 Å². The van der Waals surface area contributed by atoms with E-state index in [1.807, 2.05) is 0 Å². The van der Waals surface area contributed by atoms with E-state index in [4.69, 9.17) is 0 Å². The zero-order chi connectivity index (χ0) is 20.1. The summed E-state index contributed by atoms with van der Waals surface area (Å²) in [6, 6.07) is 11.4. The molecule has 28 heavy (non-hydrogen) atoms. The predicted molar refractivity (Wildman–Crippen MR) is 109 cm³/mol. The molecule has 7 heteroatoms. The van der Waals surface area contributed by atoms with Crippen molar-refractivity contribution in [1.29, 1.82) is 0 Å². The highest BCUT2D eigenvalue weighted by atomic mass is 32.2. The van der Waals surface area contributed by atoms with E-state index in [9.17, 15) is 18.3 Å². The average Bonchev–Trinajstić information content (AvgIpc) is 2.95. The fraction of sp³-hybridized carbons (Fsp3) is 0.381. The lowest BCUT2D eigenvalue weighted by molar-refractivity contribution is -0.115. The number of hydrogen-bond acceptors (Lipinski definition) is 4. The molecular formula is C21H26N2O4S.